The number of hydrogen-bond donors (Lipinski definition) is 2. The van der Waals surface area contributed by atoms with E-state index in [1.54, 1.807) is 0 Å². The van der Waals surface area contributed by atoms with Crippen LogP contribution < -0.4 is 5.32 Å². The van der Waals surface area contributed by atoms with Crippen molar-refractivity contribution in [1.82, 2.24) is 10.3 Å². The lowest BCUT2D eigenvalue weighted by Gasteiger charge is -2.22. The number of carbonyl (C=O) groups is 1. The summed E-state index contributed by atoms with van der Waals surface area (Å²) in [5, 5.41) is 4.81. The van der Waals surface area contributed by atoms with Crippen molar-refractivity contribution in [1.29, 1.82) is 0 Å². The van der Waals surface area contributed by atoms with Gasteiger partial charge in [0.2, 0.25) is 0 Å². The van der Waals surface area contributed by atoms with Crippen LogP contribution in [-0.2, 0) is 20.7 Å². The van der Waals surface area contributed by atoms with E-state index in [9.17, 15) is 4.79 Å². The second-order valence-electron chi connectivity index (χ2n) is 9.46. The fourth-order valence-electron chi connectivity index (χ4n) is 5.39. The smallest absolute Gasteiger partial charge is 0.311 e. The van der Waals surface area contributed by atoms with Gasteiger partial charge in [0.05, 0.1) is 11.5 Å². The van der Waals surface area contributed by atoms with Gasteiger partial charge in [-0.25, -0.2) is 0 Å². The van der Waals surface area contributed by atoms with Gasteiger partial charge >= 0.3 is 5.97 Å². The summed E-state index contributed by atoms with van der Waals surface area (Å²) in [7, 11) is 0. The molecular weight excluding hydrogens is 376 g/mol. The molecule has 5 nitrogen and oxygen atoms in total. The number of aromatic nitrogens is 1. The molecule has 1 aliphatic carbocycles. The van der Waals surface area contributed by atoms with Crippen LogP contribution in [0, 0.1) is 11.8 Å². The summed E-state index contributed by atoms with van der Waals surface area (Å²) in [5.74, 6) is 0.0910. The number of fused-ring (bicyclic) bond motifs is 4. The van der Waals surface area contributed by atoms with Gasteiger partial charge < -0.3 is 19.8 Å². The number of rotatable bonds is 5. The van der Waals surface area contributed by atoms with E-state index in [-0.39, 0.29) is 35.6 Å². The topological polar surface area (TPSA) is 66.7 Å². The lowest BCUT2D eigenvalue weighted by molar-refractivity contribution is -0.144. The lowest BCUT2D eigenvalue weighted by Crippen LogP contribution is -2.35. The van der Waals surface area contributed by atoms with E-state index in [2.05, 4.69) is 54.6 Å². The van der Waals surface area contributed by atoms with Gasteiger partial charge in [-0.05, 0) is 64.1 Å². The summed E-state index contributed by atoms with van der Waals surface area (Å²) in [6.45, 7) is 5.89. The number of aromatic amines is 1. The molecule has 2 aromatic rings. The fourth-order valence-corrected chi connectivity index (χ4v) is 5.39. The molecule has 5 heteroatoms. The van der Waals surface area contributed by atoms with Crippen LogP contribution in [0.5, 0.6) is 0 Å². The molecule has 0 unspecified atom stereocenters. The summed E-state index contributed by atoms with van der Waals surface area (Å²) in [5.41, 5.74) is 3.77. The first-order valence-electron chi connectivity index (χ1n) is 11.3. The molecule has 3 aliphatic rings. The fraction of sp³-hybridized carbons (Fsp3) is 0.560. The lowest BCUT2D eigenvalue weighted by atomic mass is 9.80. The maximum absolute atomic E-state index is 12.7. The molecule has 2 saturated heterocycles. The Kier molecular flexibility index (Phi) is 5.19. The van der Waals surface area contributed by atoms with Crippen molar-refractivity contribution < 1.29 is 14.3 Å². The molecule has 5 atom stereocenters. The van der Waals surface area contributed by atoms with Crippen molar-refractivity contribution in [2.75, 3.05) is 13.1 Å². The number of benzene rings is 1. The average Bonchev–Trinajstić information content (AvgIpc) is 3.08. The maximum Gasteiger partial charge on any atom is 0.311 e. The number of ether oxygens (including phenoxy) is 2. The monoisotopic (exact) mass is 408 g/mol. The van der Waals surface area contributed by atoms with Crippen LogP contribution >= 0.6 is 0 Å². The van der Waals surface area contributed by atoms with Crippen LogP contribution in [-0.4, -0.2) is 41.9 Å². The Morgan fingerprint density at radius 3 is 3.07 bits per heavy atom. The van der Waals surface area contributed by atoms with Crippen molar-refractivity contribution in [2.45, 2.75) is 63.8 Å². The third-order valence-electron chi connectivity index (χ3n) is 7.35. The van der Waals surface area contributed by atoms with E-state index in [1.165, 1.54) is 22.0 Å². The van der Waals surface area contributed by atoms with E-state index < -0.39 is 0 Å². The third-order valence-corrected chi connectivity index (χ3v) is 7.35. The van der Waals surface area contributed by atoms with E-state index >= 15 is 0 Å². The summed E-state index contributed by atoms with van der Waals surface area (Å²) in [6, 6.07) is 8.38. The van der Waals surface area contributed by atoms with Crippen LogP contribution in [0.4, 0.5) is 0 Å². The quantitative estimate of drug-likeness (QED) is 0.338. The third kappa shape index (κ3) is 3.69. The molecule has 3 heterocycles. The van der Waals surface area contributed by atoms with Crippen LogP contribution in [0.15, 0.2) is 42.1 Å². The highest BCUT2D eigenvalue weighted by Gasteiger charge is 2.62. The van der Waals surface area contributed by atoms with E-state index in [0.717, 1.165) is 38.6 Å². The Bertz CT molecular complexity index is 964. The normalized spacial score (nSPS) is 35.3. The first-order valence-corrected chi connectivity index (χ1v) is 11.3. The Labute approximate surface area is 178 Å². The standard InChI is InChI=1S/C25H32N2O3/c1-16-6-5-12-25(2)23(30-25)22-19(10-9-16)20(24(28)29-22)15-26-13-11-17-14-27-21-8-4-3-7-18(17)21/h3-4,6-8,14,19-20,22-23,26-27H,5,9-13,15H2,1-2H3/b16-6+/t19-,20-,22-,23-,25+/m0/s1. The van der Waals surface area contributed by atoms with Crippen LogP contribution in [0.1, 0.15) is 45.1 Å². The first kappa shape index (κ1) is 19.8. The van der Waals surface area contributed by atoms with Crippen molar-refractivity contribution in [3.8, 4) is 0 Å². The van der Waals surface area contributed by atoms with E-state index in [1.807, 2.05) is 6.07 Å². The number of allylic oxidation sites excluding steroid dienone is 2. The molecular formula is C25H32N2O3. The maximum atomic E-state index is 12.7. The zero-order valence-electron chi connectivity index (χ0n) is 17.9. The summed E-state index contributed by atoms with van der Waals surface area (Å²) in [6.07, 6.45) is 9.42. The molecule has 2 aliphatic heterocycles. The largest absolute Gasteiger partial charge is 0.459 e. The summed E-state index contributed by atoms with van der Waals surface area (Å²) in [4.78, 5) is 16.1. The Hall–Kier alpha value is -2.11. The Morgan fingerprint density at radius 2 is 2.17 bits per heavy atom. The molecule has 5 rings (SSSR count). The van der Waals surface area contributed by atoms with Crippen LogP contribution in [0.25, 0.3) is 10.9 Å². The molecule has 1 aromatic heterocycles. The zero-order valence-corrected chi connectivity index (χ0v) is 17.9. The molecule has 1 aromatic carbocycles. The SMILES string of the molecule is C/C1=C\CC[C@@]2(C)O[C@H]2[C@H]2OC(=O)[C@@H](CNCCc3c[nH]c4ccccc34)[C@@H]2CC1. The minimum Gasteiger partial charge on any atom is -0.459 e. The summed E-state index contributed by atoms with van der Waals surface area (Å²) >= 11 is 0. The van der Waals surface area contributed by atoms with Crippen LogP contribution in [0.3, 0.4) is 0 Å². The van der Waals surface area contributed by atoms with Crippen molar-refractivity contribution in [2.24, 2.45) is 11.8 Å². The molecule has 0 saturated carbocycles. The number of epoxide rings is 1. The minimum absolute atomic E-state index is 0.0525. The highest BCUT2D eigenvalue weighted by Crippen LogP contribution is 2.50. The second-order valence-corrected chi connectivity index (χ2v) is 9.46. The minimum atomic E-state index is -0.130. The number of H-pyrrole nitrogens is 1. The molecule has 2 N–H and O–H groups in total. The van der Waals surface area contributed by atoms with Crippen molar-refractivity contribution in [3.05, 3.63) is 47.7 Å². The Balaban J connectivity index is 1.22. The van der Waals surface area contributed by atoms with Gasteiger partial charge in [-0.15, -0.1) is 0 Å². The van der Waals surface area contributed by atoms with Gasteiger partial charge in [0, 0.05) is 29.6 Å². The zero-order chi connectivity index (χ0) is 20.7. The van der Waals surface area contributed by atoms with Crippen LogP contribution in [0.2, 0.25) is 0 Å². The average molecular weight is 409 g/mol. The molecule has 2 fully saturated rings. The molecule has 0 amide bonds. The molecule has 0 radical (unpaired) electrons. The number of carbonyl (C=O) groups excluding carboxylic acids is 1. The first-order chi connectivity index (χ1) is 14.5. The van der Waals surface area contributed by atoms with Gasteiger partial charge in [0.15, 0.2) is 0 Å². The molecule has 30 heavy (non-hydrogen) atoms. The predicted molar refractivity (Wildman–Crippen MR) is 117 cm³/mol. The van der Waals surface area contributed by atoms with Crippen molar-refractivity contribution in [3.63, 3.8) is 0 Å². The number of hydrogen-bond acceptors (Lipinski definition) is 4. The highest BCUT2D eigenvalue weighted by molar-refractivity contribution is 5.83. The molecule has 0 bridgehead atoms. The molecule has 160 valence electrons. The van der Waals surface area contributed by atoms with Gasteiger partial charge in [-0.1, -0.05) is 29.8 Å². The van der Waals surface area contributed by atoms with Gasteiger partial charge in [0.1, 0.15) is 12.2 Å². The number of para-hydroxylation sites is 1. The predicted octanol–water partition coefficient (Wildman–Crippen LogP) is 4.14. The van der Waals surface area contributed by atoms with Crippen molar-refractivity contribution >= 4 is 16.9 Å². The number of nitrogens with one attached hydrogen (secondary N) is 2. The number of esters is 1. The molecule has 0 spiro atoms. The van der Waals surface area contributed by atoms with Gasteiger partial charge in [-0.3, -0.25) is 4.79 Å². The second kappa shape index (κ2) is 7.86. The van der Waals surface area contributed by atoms with E-state index in [0.29, 0.717) is 6.54 Å². The highest BCUT2D eigenvalue weighted by atomic mass is 16.6. The van der Waals surface area contributed by atoms with E-state index in [4.69, 9.17) is 9.47 Å². The summed E-state index contributed by atoms with van der Waals surface area (Å²) < 4.78 is 12.0. The van der Waals surface area contributed by atoms with Gasteiger partial charge in [-0.2, -0.15) is 0 Å². The van der Waals surface area contributed by atoms with Gasteiger partial charge in [0.25, 0.3) is 0 Å². The Morgan fingerprint density at radius 1 is 1.30 bits per heavy atom.